The van der Waals surface area contributed by atoms with Gasteiger partial charge in [-0.25, -0.2) is 4.98 Å². The van der Waals surface area contributed by atoms with Gasteiger partial charge in [0.25, 0.3) is 0 Å². The van der Waals surface area contributed by atoms with Crippen LogP contribution >= 0.6 is 0 Å². The van der Waals surface area contributed by atoms with Crippen molar-refractivity contribution in [2.24, 2.45) is 5.73 Å². The second-order valence-electron chi connectivity index (χ2n) is 4.59. The number of fused-ring (bicyclic) bond motifs is 1. The molecule has 0 bridgehead atoms. The van der Waals surface area contributed by atoms with Crippen molar-refractivity contribution in [1.29, 1.82) is 0 Å². The molecule has 0 spiro atoms. The van der Waals surface area contributed by atoms with Crippen LogP contribution in [0.15, 0.2) is 18.5 Å². The maximum atomic E-state index is 6.04. The normalized spacial score (nSPS) is 24.3. The first kappa shape index (κ1) is 10.2. The van der Waals surface area contributed by atoms with Gasteiger partial charge in [0.15, 0.2) is 0 Å². The van der Waals surface area contributed by atoms with E-state index in [0.717, 1.165) is 11.4 Å². The Balaban J connectivity index is 2.51. The fraction of sp³-hybridized carbons (Fsp3) is 0.417. The second-order valence-corrected chi connectivity index (χ2v) is 4.59. The molecule has 1 aromatic rings. The molecule has 0 saturated carbocycles. The summed E-state index contributed by atoms with van der Waals surface area (Å²) in [4.78, 5) is 4.41. The molecule has 15 heavy (non-hydrogen) atoms. The first-order valence-electron chi connectivity index (χ1n) is 5.24. The standard InChI is InChI=1S/C12H17N3/c1-9(2)11-10-4-5-12(3,13)6-7-15(10)8-14-11/h4-9H,13H2,1-3H3. The Morgan fingerprint density at radius 2 is 2.13 bits per heavy atom. The summed E-state index contributed by atoms with van der Waals surface area (Å²) in [6, 6.07) is 0. The summed E-state index contributed by atoms with van der Waals surface area (Å²) >= 11 is 0. The lowest BCUT2D eigenvalue weighted by molar-refractivity contribution is 0.741. The van der Waals surface area contributed by atoms with Crippen LogP contribution in [0.25, 0.3) is 12.3 Å². The third-order valence-corrected chi connectivity index (χ3v) is 2.60. The molecule has 2 N–H and O–H groups in total. The summed E-state index contributed by atoms with van der Waals surface area (Å²) in [5.41, 5.74) is 7.92. The topological polar surface area (TPSA) is 43.8 Å². The molecule has 1 aliphatic heterocycles. The predicted molar refractivity (Wildman–Crippen MR) is 63.3 cm³/mol. The Morgan fingerprint density at radius 1 is 1.40 bits per heavy atom. The lowest BCUT2D eigenvalue weighted by Crippen LogP contribution is -2.30. The van der Waals surface area contributed by atoms with E-state index in [0.29, 0.717) is 5.92 Å². The van der Waals surface area contributed by atoms with Crippen LogP contribution in [0.5, 0.6) is 0 Å². The summed E-state index contributed by atoms with van der Waals surface area (Å²) in [5, 5.41) is 0. The van der Waals surface area contributed by atoms with Gasteiger partial charge in [-0.3, -0.25) is 0 Å². The summed E-state index contributed by atoms with van der Waals surface area (Å²) < 4.78 is 2.02. The molecule has 0 saturated heterocycles. The first-order valence-corrected chi connectivity index (χ1v) is 5.24. The quantitative estimate of drug-likeness (QED) is 0.760. The van der Waals surface area contributed by atoms with E-state index in [1.54, 1.807) is 0 Å². The molecule has 2 heterocycles. The van der Waals surface area contributed by atoms with E-state index in [4.69, 9.17) is 5.73 Å². The first-order chi connectivity index (χ1) is 6.99. The van der Waals surface area contributed by atoms with Gasteiger partial charge in [0.2, 0.25) is 0 Å². The highest BCUT2D eigenvalue weighted by Crippen LogP contribution is 2.23. The summed E-state index contributed by atoms with van der Waals surface area (Å²) in [6.45, 7) is 6.27. The van der Waals surface area contributed by atoms with Crippen molar-refractivity contribution in [2.45, 2.75) is 32.2 Å². The number of aromatic nitrogens is 2. The Hall–Kier alpha value is -1.35. The molecule has 1 atom stereocenters. The number of hydrogen-bond donors (Lipinski definition) is 1. The van der Waals surface area contributed by atoms with E-state index in [-0.39, 0.29) is 5.54 Å². The molecule has 0 aromatic carbocycles. The zero-order valence-corrected chi connectivity index (χ0v) is 9.44. The second kappa shape index (κ2) is 3.35. The lowest BCUT2D eigenvalue weighted by atomic mass is 10.0. The summed E-state index contributed by atoms with van der Waals surface area (Å²) in [6.07, 6.45) is 9.87. The fourth-order valence-electron chi connectivity index (χ4n) is 1.68. The van der Waals surface area contributed by atoms with E-state index in [2.05, 4.69) is 24.9 Å². The largest absolute Gasteiger partial charge is 0.319 e. The van der Waals surface area contributed by atoms with Crippen molar-refractivity contribution >= 4 is 12.3 Å². The van der Waals surface area contributed by atoms with Crippen molar-refractivity contribution in [1.82, 2.24) is 9.55 Å². The molecule has 0 fully saturated rings. The van der Waals surface area contributed by atoms with Crippen LogP contribution in [0, 0.1) is 0 Å². The van der Waals surface area contributed by atoms with Gasteiger partial charge in [0.1, 0.15) is 0 Å². The van der Waals surface area contributed by atoms with E-state index < -0.39 is 0 Å². The minimum absolute atomic E-state index is 0.368. The van der Waals surface area contributed by atoms with Gasteiger partial charge in [0, 0.05) is 6.20 Å². The van der Waals surface area contributed by atoms with Crippen molar-refractivity contribution in [2.75, 3.05) is 0 Å². The Kier molecular flexibility index (Phi) is 2.27. The molecule has 80 valence electrons. The van der Waals surface area contributed by atoms with Crippen LogP contribution in [0.1, 0.15) is 38.1 Å². The summed E-state index contributed by atoms with van der Waals surface area (Å²) in [7, 11) is 0. The van der Waals surface area contributed by atoms with Gasteiger partial charge in [-0.2, -0.15) is 0 Å². The number of nitrogens with zero attached hydrogens (tertiary/aromatic N) is 2. The van der Waals surface area contributed by atoms with Crippen LogP contribution in [-0.2, 0) is 0 Å². The molecule has 3 nitrogen and oxygen atoms in total. The van der Waals surface area contributed by atoms with Gasteiger partial charge in [0.05, 0.1) is 23.3 Å². The monoisotopic (exact) mass is 203 g/mol. The van der Waals surface area contributed by atoms with Gasteiger partial charge in [-0.05, 0) is 25.0 Å². The molecule has 0 radical (unpaired) electrons. The van der Waals surface area contributed by atoms with E-state index >= 15 is 0 Å². The van der Waals surface area contributed by atoms with Crippen molar-refractivity contribution in [3.63, 3.8) is 0 Å². The minimum Gasteiger partial charge on any atom is -0.319 e. The smallest absolute Gasteiger partial charge is 0.0995 e. The van der Waals surface area contributed by atoms with Crippen LogP contribution < -0.4 is 5.73 Å². The van der Waals surface area contributed by atoms with E-state index in [9.17, 15) is 0 Å². The maximum absolute atomic E-state index is 6.04. The Morgan fingerprint density at radius 3 is 2.80 bits per heavy atom. The highest BCUT2D eigenvalue weighted by atomic mass is 15.0. The molecule has 1 unspecified atom stereocenters. The van der Waals surface area contributed by atoms with Crippen molar-refractivity contribution < 1.29 is 0 Å². The minimum atomic E-state index is -0.368. The molecule has 2 rings (SSSR count). The lowest BCUT2D eigenvalue weighted by Gasteiger charge is -2.12. The van der Waals surface area contributed by atoms with Gasteiger partial charge in [-0.1, -0.05) is 19.9 Å². The van der Waals surface area contributed by atoms with Gasteiger partial charge < -0.3 is 10.3 Å². The van der Waals surface area contributed by atoms with Gasteiger partial charge in [-0.15, -0.1) is 0 Å². The average Bonchev–Trinajstić information content (AvgIpc) is 2.49. The highest BCUT2D eigenvalue weighted by molar-refractivity contribution is 5.57. The molecular formula is C12H17N3. The molecule has 1 aliphatic rings. The zero-order valence-electron chi connectivity index (χ0n) is 9.44. The third kappa shape index (κ3) is 1.88. The summed E-state index contributed by atoms with van der Waals surface area (Å²) in [5.74, 6) is 0.432. The SMILES string of the molecule is CC(C)c1ncn2c1C=CC(C)(N)C=C2. The number of imidazole rings is 1. The Bertz CT molecular complexity index is 422. The fourth-order valence-corrected chi connectivity index (χ4v) is 1.68. The van der Waals surface area contributed by atoms with E-state index in [1.807, 2.05) is 36.2 Å². The van der Waals surface area contributed by atoms with Crippen LogP contribution in [0.4, 0.5) is 0 Å². The van der Waals surface area contributed by atoms with Crippen LogP contribution in [0.2, 0.25) is 0 Å². The third-order valence-electron chi connectivity index (χ3n) is 2.60. The molecule has 1 aromatic heterocycles. The highest BCUT2D eigenvalue weighted by Gasteiger charge is 2.16. The van der Waals surface area contributed by atoms with Crippen molar-refractivity contribution in [3.8, 4) is 0 Å². The maximum Gasteiger partial charge on any atom is 0.0995 e. The average molecular weight is 203 g/mol. The molecule has 3 heteroatoms. The predicted octanol–water partition coefficient (Wildman–Crippen LogP) is 2.22. The van der Waals surface area contributed by atoms with Crippen molar-refractivity contribution in [3.05, 3.63) is 29.9 Å². The molecule has 0 amide bonds. The molecular weight excluding hydrogens is 186 g/mol. The number of nitrogens with two attached hydrogens (primary N) is 1. The van der Waals surface area contributed by atoms with E-state index in [1.165, 1.54) is 0 Å². The number of hydrogen-bond acceptors (Lipinski definition) is 2. The van der Waals surface area contributed by atoms with Gasteiger partial charge >= 0.3 is 0 Å². The Labute approximate surface area is 90.3 Å². The van der Waals surface area contributed by atoms with Crippen LogP contribution in [-0.4, -0.2) is 15.1 Å². The van der Waals surface area contributed by atoms with Crippen LogP contribution in [0.3, 0.4) is 0 Å². The zero-order chi connectivity index (χ0) is 11.1. The molecule has 0 aliphatic carbocycles. The number of rotatable bonds is 1.